The lowest BCUT2D eigenvalue weighted by Crippen LogP contribution is -2.08. The monoisotopic (exact) mass is 306 g/mol. The SMILES string of the molecule is CCOC(=O)c1cc(Br)cc(Cl)c1OCC. The number of hydrogen-bond acceptors (Lipinski definition) is 3. The molecule has 88 valence electrons. The molecule has 0 amide bonds. The van der Waals surface area contributed by atoms with Crippen LogP contribution in [0.1, 0.15) is 24.2 Å². The summed E-state index contributed by atoms with van der Waals surface area (Å²) in [6.07, 6.45) is 0. The van der Waals surface area contributed by atoms with Crippen molar-refractivity contribution in [2.24, 2.45) is 0 Å². The van der Waals surface area contributed by atoms with E-state index in [4.69, 9.17) is 21.1 Å². The van der Waals surface area contributed by atoms with Crippen LogP contribution in [0, 0.1) is 0 Å². The number of halogens is 2. The summed E-state index contributed by atoms with van der Waals surface area (Å²) < 4.78 is 11.0. The number of esters is 1. The van der Waals surface area contributed by atoms with E-state index in [1.807, 2.05) is 6.92 Å². The smallest absolute Gasteiger partial charge is 0.342 e. The summed E-state index contributed by atoms with van der Waals surface area (Å²) in [5.41, 5.74) is 0.336. The van der Waals surface area contributed by atoms with Gasteiger partial charge in [0.2, 0.25) is 0 Å². The fraction of sp³-hybridized carbons (Fsp3) is 0.364. The summed E-state index contributed by atoms with van der Waals surface area (Å²) in [6.45, 7) is 4.33. The van der Waals surface area contributed by atoms with Crippen LogP contribution in [-0.4, -0.2) is 19.2 Å². The highest BCUT2D eigenvalue weighted by atomic mass is 79.9. The van der Waals surface area contributed by atoms with Gasteiger partial charge in [-0.3, -0.25) is 0 Å². The molecule has 0 unspecified atom stereocenters. The first kappa shape index (κ1) is 13.3. The van der Waals surface area contributed by atoms with Gasteiger partial charge in [0.25, 0.3) is 0 Å². The quantitative estimate of drug-likeness (QED) is 0.796. The van der Waals surface area contributed by atoms with E-state index < -0.39 is 5.97 Å². The van der Waals surface area contributed by atoms with Crippen molar-refractivity contribution in [3.05, 3.63) is 27.2 Å². The molecule has 0 aromatic heterocycles. The van der Waals surface area contributed by atoms with E-state index in [2.05, 4.69) is 15.9 Å². The highest BCUT2D eigenvalue weighted by molar-refractivity contribution is 9.10. The van der Waals surface area contributed by atoms with Crippen LogP contribution in [0.2, 0.25) is 5.02 Å². The maximum Gasteiger partial charge on any atom is 0.342 e. The molecule has 0 saturated carbocycles. The van der Waals surface area contributed by atoms with Gasteiger partial charge in [-0.05, 0) is 26.0 Å². The van der Waals surface area contributed by atoms with E-state index in [1.54, 1.807) is 19.1 Å². The Hall–Kier alpha value is -0.740. The Balaban J connectivity index is 3.17. The van der Waals surface area contributed by atoms with Crippen LogP contribution in [-0.2, 0) is 4.74 Å². The fourth-order valence-corrected chi connectivity index (χ4v) is 2.08. The van der Waals surface area contributed by atoms with Gasteiger partial charge in [0, 0.05) is 4.47 Å². The molecular weight excluding hydrogens is 295 g/mol. The lowest BCUT2D eigenvalue weighted by atomic mass is 10.2. The highest BCUT2D eigenvalue weighted by Gasteiger charge is 2.17. The maximum absolute atomic E-state index is 11.7. The molecule has 1 aromatic carbocycles. The van der Waals surface area contributed by atoms with Gasteiger partial charge < -0.3 is 9.47 Å². The summed E-state index contributed by atoms with van der Waals surface area (Å²) in [6, 6.07) is 3.31. The molecule has 3 nitrogen and oxygen atoms in total. The second-order valence-corrected chi connectivity index (χ2v) is 4.24. The summed E-state index contributed by atoms with van der Waals surface area (Å²) in [4.78, 5) is 11.7. The van der Waals surface area contributed by atoms with Gasteiger partial charge in [-0.25, -0.2) is 4.79 Å². The molecule has 0 bridgehead atoms. The van der Waals surface area contributed by atoms with Gasteiger partial charge in [0.15, 0.2) is 5.75 Å². The van der Waals surface area contributed by atoms with Crippen molar-refractivity contribution >= 4 is 33.5 Å². The zero-order valence-electron chi connectivity index (χ0n) is 9.05. The number of carbonyl (C=O) groups excluding carboxylic acids is 1. The minimum absolute atomic E-state index is 0.314. The number of ether oxygens (including phenoxy) is 2. The van der Waals surface area contributed by atoms with Crippen LogP contribution >= 0.6 is 27.5 Å². The van der Waals surface area contributed by atoms with Crippen LogP contribution in [0.25, 0.3) is 0 Å². The van der Waals surface area contributed by atoms with Crippen LogP contribution in [0.4, 0.5) is 0 Å². The average Bonchev–Trinajstić information content (AvgIpc) is 2.22. The fourth-order valence-electron chi connectivity index (χ4n) is 1.21. The Morgan fingerprint density at radius 3 is 2.62 bits per heavy atom. The molecule has 0 saturated heterocycles. The number of rotatable bonds is 4. The van der Waals surface area contributed by atoms with Crippen molar-refractivity contribution in [3.63, 3.8) is 0 Å². The molecule has 1 rings (SSSR count). The second-order valence-electron chi connectivity index (χ2n) is 2.92. The summed E-state index contributed by atoms with van der Waals surface area (Å²) in [7, 11) is 0. The molecule has 0 aliphatic carbocycles. The summed E-state index contributed by atoms with van der Waals surface area (Å²) in [5.74, 6) is -0.0695. The minimum Gasteiger partial charge on any atom is -0.491 e. The molecule has 1 aromatic rings. The van der Waals surface area contributed by atoms with E-state index in [0.717, 1.165) is 0 Å². The van der Waals surface area contributed by atoms with Gasteiger partial charge in [-0.1, -0.05) is 27.5 Å². The van der Waals surface area contributed by atoms with Crippen molar-refractivity contribution in [1.29, 1.82) is 0 Å². The van der Waals surface area contributed by atoms with E-state index in [1.165, 1.54) is 0 Å². The third-order valence-electron chi connectivity index (χ3n) is 1.79. The Morgan fingerprint density at radius 1 is 1.38 bits per heavy atom. The first-order chi connectivity index (χ1) is 7.60. The lowest BCUT2D eigenvalue weighted by molar-refractivity contribution is 0.0522. The summed E-state index contributed by atoms with van der Waals surface area (Å²) in [5, 5.41) is 0.388. The Kier molecular flexibility index (Phi) is 5.09. The van der Waals surface area contributed by atoms with E-state index in [9.17, 15) is 4.79 Å². The molecule has 0 spiro atoms. The minimum atomic E-state index is -0.436. The van der Waals surface area contributed by atoms with Crippen LogP contribution in [0.5, 0.6) is 5.75 Å². The molecule has 0 aliphatic rings. The van der Waals surface area contributed by atoms with E-state index in [0.29, 0.717) is 34.0 Å². The van der Waals surface area contributed by atoms with Crippen molar-refractivity contribution < 1.29 is 14.3 Å². The molecule has 0 N–H and O–H groups in total. The van der Waals surface area contributed by atoms with Crippen LogP contribution in [0.3, 0.4) is 0 Å². The van der Waals surface area contributed by atoms with Gasteiger partial charge in [-0.15, -0.1) is 0 Å². The first-order valence-electron chi connectivity index (χ1n) is 4.89. The molecule has 0 fully saturated rings. The van der Waals surface area contributed by atoms with E-state index in [-0.39, 0.29) is 0 Å². The van der Waals surface area contributed by atoms with Crippen molar-refractivity contribution in [2.75, 3.05) is 13.2 Å². The van der Waals surface area contributed by atoms with Gasteiger partial charge in [0.1, 0.15) is 5.56 Å². The Bertz CT molecular complexity index is 393. The maximum atomic E-state index is 11.7. The first-order valence-corrected chi connectivity index (χ1v) is 6.06. The molecule has 0 atom stereocenters. The van der Waals surface area contributed by atoms with Crippen molar-refractivity contribution in [3.8, 4) is 5.75 Å². The second kappa shape index (κ2) is 6.11. The summed E-state index contributed by atoms with van der Waals surface area (Å²) >= 11 is 9.26. The zero-order chi connectivity index (χ0) is 12.1. The highest BCUT2D eigenvalue weighted by Crippen LogP contribution is 2.33. The molecule has 0 heterocycles. The number of hydrogen-bond donors (Lipinski definition) is 0. The zero-order valence-corrected chi connectivity index (χ0v) is 11.4. The lowest BCUT2D eigenvalue weighted by Gasteiger charge is -2.11. The van der Waals surface area contributed by atoms with E-state index >= 15 is 0 Å². The van der Waals surface area contributed by atoms with Gasteiger partial charge in [-0.2, -0.15) is 0 Å². The van der Waals surface area contributed by atoms with Gasteiger partial charge in [0.05, 0.1) is 18.2 Å². The largest absolute Gasteiger partial charge is 0.491 e. The molecule has 0 radical (unpaired) electrons. The molecule has 0 aliphatic heterocycles. The third kappa shape index (κ3) is 3.12. The molecule has 16 heavy (non-hydrogen) atoms. The standard InChI is InChI=1S/C11H12BrClO3/c1-3-15-10-8(11(14)16-4-2)5-7(12)6-9(10)13/h5-6H,3-4H2,1-2H3. The van der Waals surface area contributed by atoms with Crippen molar-refractivity contribution in [1.82, 2.24) is 0 Å². The molecule has 5 heteroatoms. The molecular formula is C11H12BrClO3. The van der Waals surface area contributed by atoms with Crippen LogP contribution in [0.15, 0.2) is 16.6 Å². The Labute approximate surface area is 108 Å². The normalized spacial score (nSPS) is 10.0. The number of benzene rings is 1. The van der Waals surface area contributed by atoms with Gasteiger partial charge >= 0.3 is 5.97 Å². The predicted octanol–water partition coefficient (Wildman–Crippen LogP) is 3.68. The predicted molar refractivity (Wildman–Crippen MR) is 66.3 cm³/mol. The third-order valence-corrected chi connectivity index (χ3v) is 2.53. The van der Waals surface area contributed by atoms with Crippen molar-refractivity contribution in [2.45, 2.75) is 13.8 Å². The number of carbonyl (C=O) groups is 1. The topological polar surface area (TPSA) is 35.5 Å². The average molecular weight is 308 g/mol. The van der Waals surface area contributed by atoms with Crippen LogP contribution < -0.4 is 4.74 Å². The Morgan fingerprint density at radius 2 is 2.06 bits per heavy atom.